The first-order valence-electron chi connectivity index (χ1n) is 8.19. The van der Waals surface area contributed by atoms with Crippen molar-refractivity contribution in [1.82, 2.24) is 0 Å². The van der Waals surface area contributed by atoms with E-state index in [0.29, 0.717) is 9.23 Å². The Labute approximate surface area is 158 Å². The van der Waals surface area contributed by atoms with E-state index in [2.05, 4.69) is 13.0 Å². The molecule has 0 saturated carbocycles. The van der Waals surface area contributed by atoms with E-state index in [0.717, 1.165) is 28.8 Å². The van der Waals surface area contributed by atoms with Crippen molar-refractivity contribution >= 4 is 46.0 Å². The van der Waals surface area contributed by atoms with E-state index in [9.17, 15) is 4.79 Å². The summed E-state index contributed by atoms with van der Waals surface area (Å²) in [7, 11) is 0. The van der Waals surface area contributed by atoms with Crippen LogP contribution in [0.2, 0.25) is 0 Å². The SMILES string of the molecule is CCc1ccccc1N1C(=O)C(=CC(C)=Cc2ccccc2)SC1=S. The molecule has 0 spiro atoms. The molecule has 1 saturated heterocycles. The highest BCUT2D eigenvalue weighted by Crippen LogP contribution is 2.37. The minimum absolute atomic E-state index is 0.0447. The lowest BCUT2D eigenvalue weighted by atomic mass is 10.1. The van der Waals surface area contributed by atoms with Crippen LogP contribution in [0, 0.1) is 0 Å². The number of hydrogen-bond donors (Lipinski definition) is 0. The standard InChI is InChI=1S/C21H19NOS2/c1-3-17-11-7-8-12-18(17)22-20(23)19(25-21(22)24)14-15(2)13-16-9-5-4-6-10-16/h4-14H,3H2,1-2H3. The Morgan fingerprint density at radius 1 is 1.12 bits per heavy atom. The Hall–Kier alpha value is -2.17. The number of allylic oxidation sites excluding steroid dienone is 2. The maximum atomic E-state index is 12.9. The second kappa shape index (κ2) is 7.81. The molecule has 0 bridgehead atoms. The van der Waals surface area contributed by atoms with Crippen LogP contribution in [-0.2, 0) is 11.2 Å². The highest BCUT2D eigenvalue weighted by Gasteiger charge is 2.34. The third-order valence-corrected chi connectivity index (χ3v) is 5.26. The van der Waals surface area contributed by atoms with Crippen LogP contribution in [0.1, 0.15) is 25.0 Å². The van der Waals surface area contributed by atoms with Gasteiger partial charge in [0.15, 0.2) is 4.32 Å². The molecule has 4 heteroatoms. The van der Waals surface area contributed by atoms with Crippen LogP contribution in [0.25, 0.3) is 6.08 Å². The van der Waals surface area contributed by atoms with Crippen LogP contribution in [0.4, 0.5) is 5.69 Å². The van der Waals surface area contributed by atoms with Crippen LogP contribution in [0.3, 0.4) is 0 Å². The summed E-state index contributed by atoms with van der Waals surface area (Å²) in [4.78, 5) is 15.2. The summed E-state index contributed by atoms with van der Waals surface area (Å²) < 4.78 is 0.588. The van der Waals surface area contributed by atoms with Crippen LogP contribution in [0.15, 0.2) is 71.2 Å². The van der Waals surface area contributed by atoms with Gasteiger partial charge >= 0.3 is 0 Å². The van der Waals surface area contributed by atoms with Gasteiger partial charge in [0.05, 0.1) is 10.6 Å². The van der Waals surface area contributed by atoms with Crippen molar-refractivity contribution < 1.29 is 4.79 Å². The average molecular weight is 366 g/mol. The van der Waals surface area contributed by atoms with Gasteiger partial charge in [0, 0.05) is 0 Å². The summed E-state index contributed by atoms with van der Waals surface area (Å²) in [6.07, 6.45) is 4.84. The molecule has 0 radical (unpaired) electrons. The molecule has 0 aliphatic carbocycles. The lowest BCUT2D eigenvalue weighted by Gasteiger charge is -2.18. The fourth-order valence-corrected chi connectivity index (χ4v) is 4.10. The van der Waals surface area contributed by atoms with Crippen LogP contribution in [0.5, 0.6) is 0 Å². The molecule has 3 rings (SSSR count). The fourth-order valence-electron chi connectivity index (χ4n) is 2.76. The van der Waals surface area contributed by atoms with E-state index >= 15 is 0 Å². The van der Waals surface area contributed by atoms with E-state index in [-0.39, 0.29) is 5.91 Å². The Bertz CT molecular complexity index is 868. The van der Waals surface area contributed by atoms with E-state index in [1.165, 1.54) is 11.8 Å². The monoisotopic (exact) mass is 365 g/mol. The van der Waals surface area contributed by atoms with Crippen molar-refractivity contribution in [3.8, 4) is 0 Å². The number of carbonyl (C=O) groups excluding carboxylic acids is 1. The number of anilines is 1. The van der Waals surface area contributed by atoms with Crippen molar-refractivity contribution in [2.45, 2.75) is 20.3 Å². The van der Waals surface area contributed by atoms with E-state index in [1.54, 1.807) is 4.90 Å². The van der Waals surface area contributed by atoms with Crippen LogP contribution >= 0.6 is 24.0 Å². The maximum absolute atomic E-state index is 12.9. The smallest absolute Gasteiger partial charge is 0.268 e. The zero-order valence-electron chi connectivity index (χ0n) is 14.2. The summed E-state index contributed by atoms with van der Waals surface area (Å²) in [5, 5.41) is 0. The average Bonchev–Trinajstić information content (AvgIpc) is 2.89. The molecule has 25 heavy (non-hydrogen) atoms. The number of thiocarbonyl (C=S) groups is 1. The van der Waals surface area contributed by atoms with Crippen LogP contribution < -0.4 is 4.90 Å². The zero-order chi connectivity index (χ0) is 17.8. The highest BCUT2D eigenvalue weighted by atomic mass is 32.2. The minimum Gasteiger partial charge on any atom is -0.268 e. The molecule has 1 aliphatic rings. The number of thioether (sulfide) groups is 1. The molecule has 1 fully saturated rings. The lowest BCUT2D eigenvalue weighted by Crippen LogP contribution is -2.28. The first kappa shape index (κ1) is 17.6. The van der Waals surface area contributed by atoms with Gasteiger partial charge in [-0.1, -0.05) is 85.5 Å². The third kappa shape index (κ3) is 3.91. The summed E-state index contributed by atoms with van der Waals surface area (Å²) in [5.41, 5.74) is 4.15. The van der Waals surface area contributed by atoms with Crippen LogP contribution in [-0.4, -0.2) is 10.2 Å². The molecular weight excluding hydrogens is 346 g/mol. The van der Waals surface area contributed by atoms with Crippen molar-refractivity contribution in [2.75, 3.05) is 4.90 Å². The normalized spacial score (nSPS) is 16.8. The zero-order valence-corrected chi connectivity index (χ0v) is 15.9. The largest absolute Gasteiger partial charge is 0.270 e. The Balaban J connectivity index is 1.90. The molecule has 1 heterocycles. The Morgan fingerprint density at radius 3 is 2.52 bits per heavy atom. The first-order valence-corrected chi connectivity index (χ1v) is 9.42. The van der Waals surface area contributed by atoms with E-state index in [1.807, 2.05) is 67.6 Å². The number of hydrogen-bond acceptors (Lipinski definition) is 3. The molecule has 0 unspecified atom stereocenters. The molecule has 0 atom stereocenters. The third-order valence-electron chi connectivity index (χ3n) is 3.96. The summed E-state index contributed by atoms with van der Waals surface area (Å²) in [6, 6.07) is 18.0. The second-order valence-corrected chi connectivity index (χ2v) is 7.47. The quantitative estimate of drug-likeness (QED) is 0.519. The van der Waals surface area contributed by atoms with Crippen molar-refractivity contribution in [1.29, 1.82) is 0 Å². The molecule has 2 aromatic rings. The summed E-state index contributed by atoms with van der Waals surface area (Å²) in [6.45, 7) is 4.08. The summed E-state index contributed by atoms with van der Waals surface area (Å²) >= 11 is 6.84. The van der Waals surface area contributed by atoms with Crippen molar-refractivity contribution in [2.24, 2.45) is 0 Å². The number of para-hydroxylation sites is 1. The van der Waals surface area contributed by atoms with Crippen molar-refractivity contribution in [3.63, 3.8) is 0 Å². The Kier molecular flexibility index (Phi) is 5.51. The number of aryl methyl sites for hydroxylation is 1. The molecule has 1 aliphatic heterocycles. The maximum Gasteiger partial charge on any atom is 0.270 e. The van der Waals surface area contributed by atoms with Gasteiger partial charge in [-0.25, -0.2) is 0 Å². The van der Waals surface area contributed by atoms with E-state index in [4.69, 9.17) is 12.2 Å². The summed E-state index contributed by atoms with van der Waals surface area (Å²) in [5.74, 6) is -0.0447. The highest BCUT2D eigenvalue weighted by molar-refractivity contribution is 8.27. The predicted octanol–water partition coefficient (Wildman–Crippen LogP) is 5.60. The molecule has 0 N–H and O–H groups in total. The van der Waals surface area contributed by atoms with Gasteiger partial charge in [-0.15, -0.1) is 0 Å². The van der Waals surface area contributed by atoms with Gasteiger partial charge in [-0.3, -0.25) is 9.69 Å². The number of rotatable bonds is 4. The number of nitrogens with zero attached hydrogens (tertiary/aromatic N) is 1. The number of amides is 1. The first-order chi connectivity index (χ1) is 12.1. The second-order valence-electron chi connectivity index (χ2n) is 5.80. The molecular formula is C21H19NOS2. The molecule has 0 aromatic heterocycles. The van der Waals surface area contributed by atoms with Gasteiger partial charge < -0.3 is 0 Å². The fraction of sp³-hybridized carbons (Fsp3) is 0.143. The minimum atomic E-state index is -0.0447. The van der Waals surface area contributed by atoms with E-state index < -0.39 is 0 Å². The molecule has 2 nitrogen and oxygen atoms in total. The van der Waals surface area contributed by atoms with Gasteiger partial charge in [0.25, 0.3) is 5.91 Å². The van der Waals surface area contributed by atoms with Gasteiger partial charge in [-0.2, -0.15) is 0 Å². The topological polar surface area (TPSA) is 20.3 Å². The van der Waals surface area contributed by atoms with Crippen molar-refractivity contribution in [3.05, 3.63) is 82.3 Å². The Morgan fingerprint density at radius 2 is 1.80 bits per heavy atom. The molecule has 1 amide bonds. The van der Waals surface area contributed by atoms with Gasteiger partial charge in [0.2, 0.25) is 0 Å². The number of benzene rings is 2. The predicted molar refractivity (Wildman–Crippen MR) is 112 cm³/mol. The molecule has 2 aromatic carbocycles. The van der Waals surface area contributed by atoms with Gasteiger partial charge in [-0.05, 0) is 42.2 Å². The van der Waals surface area contributed by atoms with Gasteiger partial charge in [0.1, 0.15) is 0 Å². The lowest BCUT2D eigenvalue weighted by molar-refractivity contribution is -0.113. The molecule has 126 valence electrons. The number of carbonyl (C=O) groups is 1.